The molecule has 5 nitrogen and oxygen atoms in total. The second-order valence-electron chi connectivity index (χ2n) is 5.78. The lowest BCUT2D eigenvalue weighted by Gasteiger charge is -2.37. The number of fused-ring (bicyclic) bond motifs is 1. The Balaban J connectivity index is 0.000000665. The number of rotatable bonds is 4. The van der Waals surface area contributed by atoms with Gasteiger partial charge in [0.05, 0.1) is 0 Å². The van der Waals surface area contributed by atoms with E-state index in [9.17, 15) is 4.79 Å². The molecule has 3 rings (SSSR count). The summed E-state index contributed by atoms with van der Waals surface area (Å²) in [4.78, 5) is 16.4. The molecule has 0 N–H and O–H groups in total. The van der Waals surface area contributed by atoms with Crippen molar-refractivity contribution in [2.45, 2.75) is 27.4 Å². The topological polar surface area (TPSA) is 42.0 Å². The highest BCUT2D eigenvalue weighted by molar-refractivity contribution is 5.95. The number of methoxy groups -OCH3 is 1. The maximum Gasteiger partial charge on any atom is 0.274 e. The number of hydrogen-bond acceptors (Lipinski definition) is 4. The van der Waals surface area contributed by atoms with E-state index >= 15 is 0 Å². The van der Waals surface area contributed by atoms with Gasteiger partial charge in [-0.1, -0.05) is 50.8 Å². The Morgan fingerprint density at radius 3 is 2.33 bits per heavy atom. The second kappa shape index (κ2) is 12.0. The quantitative estimate of drug-likeness (QED) is 0.802. The van der Waals surface area contributed by atoms with E-state index in [0.717, 1.165) is 24.2 Å². The minimum atomic E-state index is 0.0160. The van der Waals surface area contributed by atoms with Gasteiger partial charge in [0, 0.05) is 45.6 Å². The van der Waals surface area contributed by atoms with Crippen LogP contribution in [0.25, 0.3) is 0 Å². The molecule has 0 radical (unpaired) electrons. The van der Waals surface area contributed by atoms with E-state index in [4.69, 9.17) is 4.74 Å². The van der Waals surface area contributed by atoms with Crippen molar-refractivity contribution in [1.29, 1.82) is 0 Å². The third-order valence-electron chi connectivity index (χ3n) is 3.96. The highest BCUT2D eigenvalue weighted by Gasteiger charge is 2.33. The van der Waals surface area contributed by atoms with Crippen molar-refractivity contribution in [2.24, 2.45) is 0 Å². The zero-order valence-electron chi connectivity index (χ0n) is 17.2. The molecule has 1 saturated heterocycles. The van der Waals surface area contributed by atoms with Gasteiger partial charge < -0.3 is 19.3 Å². The first-order valence-corrected chi connectivity index (χ1v) is 9.36. The van der Waals surface area contributed by atoms with Crippen molar-refractivity contribution in [3.8, 4) is 0 Å². The third-order valence-corrected chi connectivity index (χ3v) is 3.96. The largest absolute Gasteiger partial charge is 0.486 e. The molecule has 0 unspecified atom stereocenters. The van der Waals surface area contributed by atoms with E-state index in [1.165, 1.54) is 0 Å². The zero-order chi connectivity index (χ0) is 20.2. The molecule has 0 saturated carbocycles. The second-order valence-corrected chi connectivity index (χ2v) is 5.78. The molecule has 27 heavy (non-hydrogen) atoms. The Hall–Kier alpha value is -2.53. The number of hydrogen-bond donors (Lipinski definition) is 0. The Morgan fingerprint density at radius 1 is 1.11 bits per heavy atom. The van der Waals surface area contributed by atoms with Crippen LogP contribution in [0.5, 0.6) is 0 Å². The van der Waals surface area contributed by atoms with E-state index in [1.54, 1.807) is 14.2 Å². The standard InChI is InChI=1S/C18H20N2O2.C2H6O.C2H6/c1-3-19-11-12-20-10-9-14(2)17(16(20)18(19)21)22-13-15-7-5-4-6-8-15;1-3-2;1-2/h4-10H,2-3,11-13H2,1H3;1-2H3;1-2H3. The Labute approximate surface area is 163 Å². The third kappa shape index (κ3) is 6.00. The number of allylic oxidation sites excluding steroid dienone is 1. The van der Waals surface area contributed by atoms with E-state index in [-0.39, 0.29) is 5.91 Å². The lowest BCUT2D eigenvalue weighted by molar-refractivity contribution is -0.131. The summed E-state index contributed by atoms with van der Waals surface area (Å²) in [5.74, 6) is 0.608. The fourth-order valence-electron chi connectivity index (χ4n) is 2.69. The molecule has 2 aliphatic heterocycles. The average molecular weight is 373 g/mol. The van der Waals surface area contributed by atoms with Gasteiger partial charge in [-0.2, -0.15) is 0 Å². The van der Waals surface area contributed by atoms with Gasteiger partial charge in [-0.3, -0.25) is 4.79 Å². The molecule has 0 atom stereocenters. The van der Waals surface area contributed by atoms with Gasteiger partial charge in [-0.25, -0.2) is 0 Å². The average Bonchev–Trinajstić information content (AvgIpc) is 2.70. The molecule has 1 fully saturated rings. The molecule has 0 bridgehead atoms. The number of amides is 1. The number of carbonyl (C=O) groups is 1. The Morgan fingerprint density at radius 2 is 1.74 bits per heavy atom. The Bertz CT molecular complexity index is 665. The zero-order valence-corrected chi connectivity index (χ0v) is 17.2. The fraction of sp³-hybridized carbons (Fsp3) is 0.409. The minimum Gasteiger partial charge on any atom is -0.486 e. The molecule has 0 aromatic heterocycles. The fourth-order valence-corrected chi connectivity index (χ4v) is 2.69. The summed E-state index contributed by atoms with van der Waals surface area (Å²) in [6.07, 6.45) is 3.82. The van der Waals surface area contributed by atoms with Crippen molar-refractivity contribution >= 4 is 5.91 Å². The van der Waals surface area contributed by atoms with E-state index < -0.39 is 0 Å². The van der Waals surface area contributed by atoms with Gasteiger partial charge in [0.15, 0.2) is 5.76 Å². The molecule has 0 aliphatic carbocycles. The minimum absolute atomic E-state index is 0.0160. The molecule has 2 heterocycles. The maximum atomic E-state index is 12.6. The highest BCUT2D eigenvalue weighted by Crippen LogP contribution is 2.29. The number of ether oxygens (including phenoxy) is 2. The highest BCUT2D eigenvalue weighted by atomic mass is 16.5. The van der Waals surface area contributed by atoms with Crippen LogP contribution >= 0.6 is 0 Å². The summed E-state index contributed by atoms with van der Waals surface area (Å²) in [6.45, 7) is 12.7. The van der Waals surface area contributed by atoms with E-state index in [0.29, 0.717) is 24.6 Å². The first kappa shape index (κ1) is 22.5. The van der Waals surface area contributed by atoms with E-state index in [1.807, 2.05) is 73.2 Å². The smallest absolute Gasteiger partial charge is 0.274 e. The van der Waals surface area contributed by atoms with Crippen LogP contribution < -0.4 is 0 Å². The summed E-state index contributed by atoms with van der Waals surface area (Å²) >= 11 is 0. The molecular formula is C22H32N2O3. The molecule has 2 aliphatic rings. The molecule has 1 amide bonds. The van der Waals surface area contributed by atoms with Crippen LogP contribution in [0.2, 0.25) is 0 Å². The van der Waals surface area contributed by atoms with Gasteiger partial charge in [0.2, 0.25) is 0 Å². The normalized spacial score (nSPS) is 15.4. The summed E-state index contributed by atoms with van der Waals surface area (Å²) in [7, 11) is 3.25. The Kier molecular flexibility index (Phi) is 9.98. The molecule has 148 valence electrons. The number of nitrogens with zero attached hydrogens (tertiary/aromatic N) is 2. The van der Waals surface area contributed by atoms with Crippen LogP contribution in [0.1, 0.15) is 26.3 Å². The first-order chi connectivity index (χ1) is 13.1. The molecular weight excluding hydrogens is 340 g/mol. The molecule has 5 heteroatoms. The number of piperazine rings is 1. The lowest BCUT2D eigenvalue weighted by atomic mass is 10.1. The molecule has 1 aromatic carbocycles. The maximum absolute atomic E-state index is 12.6. The number of benzene rings is 1. The lowest BCUT2D eigenvalue weighted by Crippen LogP contribution is -2.48. The summed E-state index contributed by atoms with van der Waals surface area (Å²) in [5.41, 5.74) is 2.42. The predicted octanol–water partition coefficient (Wildman–Crippen LogP) is 3.95. The summed E-state index contributed by atoms with van der Waals surface area (Å²) in [6, 6.07) is 9.93. The van der Waals surface area contributed by atoms with Crippen molar-refractivity contribution in [3.63, 3.8) is 0 Å². The molecule has 0 spiro atoms. The van der Waals surface area contributed by atoms with Crippen LogP contribution in [0.15, 0.2) is 66.2 Å². The summed E-state index contributed by atoms with van der Waals surface area (Å²) < 4.78 is 10.2. The van der Waals surface area contributed by atoms with Crippen LogP contribution in [-0.4, -0.2) is 49.6 Å². The first-order valence-electron chi connectivity index (χ1n) is 9.36. The summed E-state index contributed by atoms with van der Waals surface area (Å²) in [5, 5.41) is 0. The SMILES string of the molecule is C=C1C=CN2CCN(CC)C(=O)C2=C1OCc1ccccc1.CC.COC. The monoisotopic (exact) mass is 372 g/mol. The van der Waals surface area contributed by atoms with Crippen molar-refractivity contribution in [1.82, 2.24) is 9.80 Å². The van der Waals surface area contributed by atoms with Crippen LogP contribution in [0.4, 0.5) is 0 Å². The van der Waals surface area contributed by atoms with Crippen LogP contribution in [0, 0.1) is 0 Å². The van der Waals surface area contributed by atoms with Gasteiger partial charge in [-0.15, -0.1) is 0 Å². The van der Waals surface area contributed by atoms with Gasteiger partial charge >= 0.3 is 0 Å². The van der Waals surface area contributed by atoms with Crippen molar-refractivity contribution in [3.05, 3.63) is 71.8 Å². The van der Waals surface area contributed by atoms with Gasteiger partial charge in [0.1, 0.15) is 12.3 Å². The van der Waals surface area contributed by atoms with Crippen molar-refractivity contribution in [2.75, 3.05) is 33.9 Å². The molecule has 1 aromatic rings. The number of likely N-dealkylation sites (N-methyl/N-ethyl adjacent to an activating group) is 1. The van der Waals surface area contributed by atoms with Gasteiger partial charge in [0.25, 0.3) is 5.91 Å². The number of carbonyl (C=O) groups excluding carboxylic acids is 1. The predicted molar refractivity (Wildman–Crippen MR) is 110 cm³/mol. The van der Waals surface area contributed by atoms with Gasteiger partial charge in [-0.05, 0) is 18.6 Å². The van der Waals surface area contributed by atoms with Crippen molar-refractivity contribution < 1.29 is 14.3 Å². The van der Waals surface area contributed by atoms with Crippen LogP contribution in [0.3, 0.4) is 0 Å². The van der Waals surface area contributed by atoms with Crippen LogP contribution in [-0.2, 0) is 20.9 Å². The van der Waals surface area contributed by atoms with E-state index in [2.05, 4.69) is 11.3 Å².